The lowest BCUT2D eigenvalue weighted by Gasteiger charge is -2.14. The molecule has 26 heavy (non-hydrogen) atoms. The van der Waals surface area contributed by atoms with E-state index < -0.39 is 0 Å². The molecule has 0 aliphatic carbocycles. The summed E-state index contributed by atoms with van der Waals surface area (Å²) in [6.45, 7) is 8.70. The highest BCUT2D eigenvalue weighted by atomic mass is 32.2. The van der Waals surface area contributed by atoms with Crippen LogP contribution in [0.25, 0.3) is 5.69 Å². The van der Waals surface area contributed by atoms with Gasteiger partial charge in [-0.3, -0.25) is 4.57 Å². The summed E-state index contributed by atoms with van der Waals surface area (Å²) in [6, 6.07) is 16.9. The summed E-state index contributed by atoms with van der Waals surface area (Å²) in [5.74, 6) is 1.22. The molecule has 0 radical (unpaired) electrons. The Balaban J connectivity index is 2.17. The van der Waals surface area contributed by atoms with E-state index in [0.717, 1.165) is 22.2 Å². The summed E-state index contributed by atoms with van der Waals surface area (Å²) in [5.41, 5.74) is 4.70. The van der Waals surface area contributed by atoms with Crippen LogP contribution in [-0.4, -0.2) is 21.3 Å². The zero-order valence-electron chi connectivity index (χ0n) is 15.9. The van der Waals surface area contributed by atoms with E-state index in [1.54, 1.807) is 11.8 Å². The minimum absolute atomic E-state index is 0.0923. The topological polar surface area (TPSA) is 38.1 Å². The lowest BCUT2D eigenvalue weighted by molar-refractivity contribution is 0.295. The van der Waals surface area contributed by atoms with Crippen molar-refractivity contribution in [1.82, 2.24) is 9.55 Å². The van der Waals surface area contributed by atoms with Crippen LogP contribution in [0.3, 0.4) is 0 Å². The van der Waals surface area contributed by atoms with E-state index in [9.17, 15) is 5.11 Å². The van der Waals surface area contributed by atoms with Gasteiger partial charge >= 0.3 is 0 Å². The fraction of sp³-hybridized carbons (Fsp3) is 0.318. The lowest BCUT2D eigenvalue weighted by Crippen LogP contribution is -2.04. The van der Waals surface area contributed by atoms with Crippen molar-refractivity contribution in [3.8, 4) is 5.69 Å². The average molecular weight is 367 g/mol. The van der Waals surface area contributed by atoms with E-state index in [1.165, 1.54) is 16.0 Å². The smallest absolute Gasteiger partial charge is 0.116 e. The van der Waals surface area contributed by atoms with Crippen LogP contribution in [0.4, 0.5) is 0 Å². The fourth-order valence-corrected chi connectivity index (χ4v) is 4.56. The number of rotatable bonds is 6. The molecule has 3 nitrogen and oxygen atoms in total. The summed E-state index contributed by atoms with van der Waals surface area (Å²) < 4.78 is 2.20. The summed E-state index contributed by atoms with van der Waals surface area (Å²) in [5, 5.41) is 10.7. The van der Waals surface area contributed by atoms with Crippen molar-refractivity contribution in [2.24, 2.45) is 0 Å². The molecule has 136 valence electrons. The molecule has 4 heteroatoms. The molecule has 0 saturated carbocycles. The number of aliphatic hydroxyl groups excluding tert-OH is 1. The SMILES string of the molecule is Cc1cc(C)cc(Sc2c(C(C)C)nc(CCO)n2-c2ccccc2)c1. The Morgan fingerprint density at radius 3 is 2.27 bits per heavy atom. The van der Waals surface area contributed by atoms with Crippen LogP contribution in [0.5, 0.6) is 0 Å². The van der Waals surface area contributed by atoms with Crippen molar-refractivity contribution in [1.29, 1.82) is 0 Å². The van der Waals surface area contributed by atoms with Crippen LogP contribution in [0.15, 0.2) is 58.5 Å². The monoisotopic (exact) mass is 366 g/mol. The fourth-order valence-electron chi connectivity index (χ4n) is 3.16. The minimum Gasteiger partial charge on any atom is -0.396 e. The first-order valence-electron chi connectivity index (χ1n) is 9.03. The predicted octanol–water partition coefficient (Wildman–Crippen LogP) is 5.30. The van der Waals surface area contributed by atoms with Crippen LogP contribution in [0.1, 0.15) is 42.4 Å². The predicted molar refractivity (Wildman–Crippen MR) is 108 cm³/mol. The molecule has 0 unspecified atom stereocenters. The zero-order valence-corrected chi connectivity index (χ0v) is 16.7. The summed E-state index contributed by atoms with van der Waals surface area (Å²) >= 11 is 1.76. The van der Waals surface area contributed by atoms with Crippen LogP contribution < -0.4 is 0 Å². The molecule has 2 aromatic carbocycles. The molecule has 0 saturated heterocycles. The van der Waals surface area contributed by atoms with Crippen molar-refractivity contribution in [2.45, 2.75) is 50.0 Å². The number of para-hydroxylation sites is 1. The molecular formula is C22H26N2OS. The van der Waals surface area contributed by atoms with Gasteiger partial charge in [-0.15, -0.1) is 0 Å². The van der Waals surface area contributed by atoms with Gasteiger partial charge in [0.2, 0.25) is 0 Å². The van der Waals surface area contributed by atoms with E-state index in [2.05, 4.69) is 62.6 Å². The maximum absolute atomic E-state index is 9.53. The van der Waals surface area contributed by atoms with Gasteiger partial charge in [-0.05, 0) is 55.2 Å². The molecular weight excluding hydrogens is 340 g/mol. The maximum atomic E-state index is 9.53. The van der Waals surface area contributed by atoms with Gasteiger partial charge in [0.05, 0.1) is 12.3 Å². The van der Waals surface area contributed by atoms with Gasteiger partial charge in [0, 0.05) is 17.0 Å². The van der Waals surface area contributed by atoms with Crippen molar-refractivity contribution in [3.05, 3.63) is 71.2 Å². The van der Waals surface area contributed by atoms with E-state index in [4.69, 9.17) is 4.98 Å². The summed E-state index contributed by atoms with van der Waals surface area (Å²) in [4.78, 5) is 6.12. The van der Waals surface area contributed by atoms with Crippen molar-refractivity contribution < 1.29 is 5.11 Å². The molecule has 0 atom stereocenters. The number of benzene rings is 2. The Bertz CT molecular complexity index is 864. The van der Waals surface area contributed by atoms with Gasteiger partial charge in [0.25, 0.3) is 0 Å². The Morgan fingerprint density at radius 2 is 1.69 bits per heavy atom. The number of hydrogen-bond donors (Lipinski definition) is 1. The average Bonchev–Trinajstić information content (AvgIpc) is 2.93. The van der Waals surface area contributed by atoms with Gasteiger partial charge in [-0.1, -0.05) is 49.9 Å². The number of aryl methyl sites for hydroxylation is 2. The van der Waals surface area contributed by atoms with E-state index in [-0.39, 0.29) is 6.61 Å². The van der Waals surface area contributed by atoms with Crippen LogP contribution in [0, 0.1) is 13.8 Å². The molecule has 0 amide bonds. The van der Waals surface area contributed by atoms with Crippen LogP contribution in [-0.2, 0) is 6.42 Å². The molecule has 3 aromatic rings. The van der Waals surface area contributed by atoms with Gasteiger partial charge in [0.1, 0.15) is 10.9 Å². The van der Waals surface area contributed by atoms with Gasteiger partial charge in [0.15, 0.2) is 0 Å². The lowest BCUT2D eigenvalue weighted by atomic mass is 10.1. The normalized spacial score (nSPS) is 11.3. The largest absolute Gasteiger partial charge is 0.396 e. The number of aromatic nitrogens is 2. The third-order valence-electron chi connectivity index (χ3n) is 4.24. The third kappa shape index (κ3) is 4.02. The van der Waals surface area contributed by atoms with Gasteiger partial charge in [-0.2, -0.15) is 0 Å². The number of aliphatic hydroxyl groups is 1. The molecule has 0 aliphatic heterocycles. The minimum atomic E-state index is 0.0923. The van der Waals surface area contributed by atoms with Gasteiger partial charge < -0.3 is 5.11 Å². The molecule has 1 aromatic heterocycles. The first-order chi connectivity index (χ1) is 12.5. The van der Waals surface area contributed by atoms with Crippen molar-refractivity contribution in [3.63, 3.8) is 0 Å². The molecule has 3 rings (SSSR count). The standard InChI is InChI=1S/C22H26N2OS/c1-15(2)21-22(26-19-13-16(3)12-17(4)14-19)24(20(23-21)10-11-25)18-8-6-5-7-9-18/h5-9,12-15,25H,10-11H2,1-4H3. The highest BCUT2D eigenvalue weighted by Crippen LogP contribution is 2.37. The summed E-state index contributed by atoms with van der Waals surface area (Å²) in [6.07, 6.45) is 0.544. The molecule has 1 N–H and O–H groups in total. The van der Waals surface area contributed by atoms with Crippen molar-refractivity contribution >= 4 is 11.8 Å². The summed E-state index contributed by atoms with van der Waals surface area (Å²) in [7, 11) is 0. The van der Waals surface area contributed by atoms with E-state index >= 15 is 0 Å². The Kier molecular flexibility index (Phi) is 5.84. The number of imidazole rings is 1. The molecule has 0 fully saturated rings. The molecule has 0 spiro atoms. The second-order valence-corrected chi connectivity index (χ2v) is 8.01. The first kappa shape index (κ1) is 18.7. The second-order valence-electron chi connectivity index (χ2n) is 6.94. The Labute approximate surface area is 160 Å². The van der Waals surface area contributed by atoms with Crippen LogP contribution in [0.2, 0.25) is 0 Å². The van der Waals surface area contributed by atoms with Crippen molar-refractivity contribution in [2.75, 3.05) is 6.61 Å². The maximum Gasteiger partial charge on any atom is 0.116 e. The second kappa shape index (κ2) is 8.11. The Morgan fingerprint density at radius 1 is 1.04 bits per heavy atom. The third-order valence-corrected chi connectivity index (χ3v) is 5.29. The number of hydrogen-bond acceptors (Lipinski definition) is 3. The molecule has 0 aliphatic rings. The molecule has 0 bridgehead atoms. The highest BCUT2D eigenvalue weighted by molar-refractivity contribution is 7.99. The molecule has 1 heterocycles. The van der Waals surface area contributed by atoms with Gasteiger partial charge in [-0.25, -0.2) is 4.98 Å². The van der Waals surface area contributed by atoms with Crippen LogP contribution >= 0.6 is 11.8 Å². The quantitative estimate of drug-likeness (QED) is 0.643. The first-order valence-corrected chi connectivity index (χ1v) is 9.85. The zero-order chi connectivity index (χ0) is 18.7. The van der Waals surface area contributed by atoms with E-state index in [1.807, 2.05) is 18.2 Å². The van der Waals surface area contributed by atoms with E-state index in [0.29, 0.717) is 12.3 Å². The Hall–Kier alpha value is -2.04. The highest BCUT2D eigenvalue weighted by Gasteiger charge is 2.21. The number of nitrogens with zero attached hydrogens (tertiary/aromatic N) is 2.